The van der Waals surface area contributed by atoms with Crippen LogP contribution >= 0.6 is 0 Å². The van der Waals surface area contributed by atoms with Gasteiger partial charge in [0, 0.05) is 13.0 Å². The standard InChI is InChI=1S/C30H41N3O8/c1-29(2,3)40-27(38)23(17-20-11-8-7-9-12-20)32-26(37)25(21-13-10-14-22(35)18-21)33(15-16-34)24(36)19-31-28(39)41-30(4,5)6/h7-14,18,23,25,34-35H,15-17,19H2,1-6H3,(H,31,39)(H,32,37). The zero-order valence-corrected chi connectivity index (χ0v) is 24.5. The van der Waals surface area contributed by atoms with Crippen LogP contribution in [0, 0.1) is 0 Å². The van der Waals surface area contributed by atoms with Gasteiger partial charge in [-0.1, -0.05) is 42.5 Å². The Bertz CT molecular complexity index is 1190. The summed E-state index contributed by atoms with van der Waals surface area (Å²) in [4.78, 5) is 53.6. The van der Waals surface area contributed by atoms with E-state index in [9.17, 15) is 29.4 Å². The van der Waals surface area contributed by atoms with Crippen LogP contribution in [0.1, 0.15) is 58.7 Å². The molecule has 41 heavy (non-hydrogen) atoms. The Morgan fingerprint density at radius 1 is 0.902 bits per heavy atom. The van der Waals surface area contributed by atoms with Crippen molar-refractivity contribution in [2.45, 2.75) is 71.2 Å². The number of aliphatic hydroxyl groups is 1. The summed E-state index contributed by atoms with van der Waals surface area (Å²) in [6, 6.07) is 12.3. The second kappa shape index (κ2) is 14.5. The molecule has 3 amide bonds. The monoisotopic (exact) mass is 571 g/mol. The molecule has 0 fully saturated rings. The Kier molecular flexibility index (Phi) is 11.7. The largest absolute Gasteiger partial charge is 0.508 e. The molecule has 2 aromatic rings. The quantitative estimate of drug-likeness (QED) is 0.300. The fourth-order valence-corrected chi connectivity index (χ4v) is 3.90. The van der Waals surface area contributed by atoms with Gasteiger partial charge in [-0.25, -0.2) is 9.59 Å². The number of hydrogen-bond acceptors (Lipinski definition) is 8. The molecule has 224 valence electrons. The minimum atomic E-state index is -1.37. The molecule has 0 radical (unpaired) electrons. The zero-order valence-electron chi connectivity index (χ0n) is 24.5. The first-order valence-corrected chi connectivity index (χ1v) is 13.3. The van der Waals surface area contributed by atoms with Crippen molar-refractivity contribution in [1.82, 2.24) is 15.5 Å². The zero-order chi connectivity index (χ0) is 30.8. The second-order valence-corrected chi connectivity index (χ2v) is 11.4. The number of aromatic hydroxyl groups is 1. The summed E-state index contributed by atoms with van der Waals surface area (Å²) < 4.78 is 10.7. The number of alkyl carbamates (subject to hydrolysis) is 1. The van der Waals surface area contributed by atoms with Gasteiger partial charge in [-0.05, 0) is 64.8 Å². The van der Waals surface area contributed by atoms with Gasteiger partial charge in [0.1, 0.15) is 35.6 Å². The molecule has 0 aliphatic rings. The Hall–Kier alpha value is -4.12. The molecule has 0 heterocycles. The maximum Gasteiger partial charge on any atom is 0.408 e. The van der Waals surface area contributed by atoms with Gasteiger partial charge in [0.25, 0.3) is 0 Å². The molecular formula is C30H41N3O8. The normalized spacial score (nSPS) is 13.0. The van der Waals surface area contributed by atoms with Gasteiger partial charge in [0.15, 0.2) is 0 Å². The summed E-state index contributed by atoms with van der Waals surface area (Å²) in [6.07, 6.45) is -0.719. The maximum atomic E-state index is 13.9. The number of phenols is 1. The van der Waals surface area contributed by atoms with E-state index in [1.807, 2.05) is 6.07 Å². The molecule has 0 aliphatic carbocycles. The van der Waals surface area contributed by atoms with Gasteiger partial charge in [0.05, 0.1) is 6.61 Å². The summed E-state index contributed by atoms with van der Waals surface area (Å²) in [5.74, 6) is -2.28. The van der Waals surface area contributed by atoms with Crippen molar-refractivity contribution >= 4 is 23.9 Å². The van der Waals surface area contributed by atoms with Crippen molar-refractivity contribution in [1.29, 1.82) is 0 Å². The molecule has 0 saturated carbocycles. The number of amides is 3. The van der Waals surface area contributed by atoms with Crippen LogP contribution in [0.4, 0.5) is 4.79 Å². The lowest BCUT2D eigenvalue weighted by Gasteiger charge is -2.32. The number of carbonyl (C=O) groups is 4. The van der Waals surface area contributed by atoms with E-state index in [4.69, 9.17) is 9.47 Å². The van der Waals surface area contributed by atoms with E-state index in [0.29, 0.717) is 0 Å². The molecule has 2 aromatic carbocycles. The number of carbonyl (C=O) groups excluding carboxylic acids is 4. The predicted octanol–water partition coefficient (Wildman–Crippen LogP) is 2.85. The van der Waals surface area contributed by atoms with E-state index in [-0.39, 0.29) is 24.3 Å². The van der Waals surface area contributed by atoms with Crippen LogP contribution in [0.3, 0.4) is 0 Å². The summed E-state index contributed by atoms with van der Waals surface area (Å²) >= 11 is 0. The van der Waals surface area contributed by atoms with Crippen LogP contribution in [0.15, 0.2) is 54.6 Å². The number of esters is 1. The van der Waals surface area contributed by atoms with Crippen LogP contribution in [0.2, 0.25) is 0 Å². The van der Waals surface area contributed by atoms with E-state index in [1.54, 1.807) is 65.8 Å². The lowest BCUT2D eigenvalue weighted by Crippen LogP contribution is -2.52. The Labute approximate surface area is 240 Å². The number of nitrogens with zero attached hydrogens (tertiary/aromatic N) is 1. The highest BCUT2D eigenvalue weighted by Crippen LogP contribution is 2.25. The van der Waals surface area contributed by atoms with Gasteiger partial charge < -0.3 is 35.2 Å². The fraction of sp³-hybridized carbons (Fsp3) is 0.467. The number of phenolic OH excluding ortho intramolecular Hbond substituents is 1. The van der Waals surface area contributed by atoms with E-state index in [2.05, 4.69) is 10.6 Å². The minimum Gasteiger partial charge on any atom is -0.508 e. The highest BCUT2D eigenvalue weighted by Gasteiger charge is 2.35. The molecule has 0 aliphatic heterocycles. The topological polar surface area (TPSA) is 154 Å². The van der Waals surface area contributed by atoms with E-state index >= 15 is 0 Å². The van der Waals surface area contributed by atoms with E-state index in [0.717, 1.165) is 10.5 Å². The van der Waals surface area contributed by atoms with Gasteiger partial charge in [-0.15, -0.1) is 0 Å². The van der Waals surface area contributed by atoms with Crippen LogP contribution in [-0.2, 0) is 30.3 Å². The molecule has 11 heteroatoms. The third kappa shape index (κ3) is 11.5. The highest BCUT2D eigenvalue weighted by molar-refractivity contribution is 5.93. The minimum absolute atomic E-state index is 0.113. The molecule has 0 bridgehead atoms. The lowest BCUT2D eigenvalue weighted by molar-refractivity contribution is -0.159. The Balaban J connectivity index is 2.42. The first kappa shape index (κ1) is 33.1. The molecule has 0 saturated heterocycles. The molecule has 2 atom stereocenters. The molecule has 2 unspecified atom stereocenters. The SMILES string of the molecule is CC(C)(C)OC(=O)NCC(=O)N(CCO)C(C(=O)NC(Cc1ccccc1)C(=O)OC(C)(C)C)c1cccc(O)c1. The van der Waals surface area contributed by atoms with Gasteiger partial charge >= 0.3 is 12.1 Å². The van der Waals surface area contributed by atoms with Crippen LogP contribution in [-0.4, -0.2) is 75.9 Å². The van der Waals surface area contributed by atoms with Crippen LogP contribution in [0.25, 0.3) is 0 Å². The summed E-state index contributed by atoms with van der Waals surface area (Å²) in [5.41, 5.74) is -0.628. The first-order valence-electron chi connectivity index (χ1n) is 13.3. The molecule has 0 aromatic heterocycles. The van der Waals surface area contributed by atoms with Crippen LogP contribution < -0.4 is 10.6 Å². The van der Waals surface area contributed by atoms with Crippen molar-refractivity contribution in [3.8, 4) is 5.75 Å². The summed E-state index contributed by atoms with van der Waals surface area (Å²) in [6.45, 7) is 8.83. The molecule has 11 nitrogen and oxygen atoms in total. The van der Waals surface area contributed by atoms with Gasteiger partial charge in [0.2, 0.25) is 11.8 Å². The number of rotatable bonds is 11. The Morgan fingerprint density at radius 2 is 1.54 bits per heavy atom. The van der Waals surface area contributed by atoms with Crippen molar-refractivity contribution in [3.05, 3.63) is 65.7 Å². The third-order valence-corrected chi connectivity index (χ3v) is 5.48. The molecule has 0 spiro atoms. The van der Waals surface area contributed by atoms with Gasteiger partial charge in [-0.2, -0.15) is 0 Å². The Morgan fingerprint density at radius 3 is 2.10 bits per heavy atom. The number of aliphatic hydroxyl groups excluding tert-OH is 1. The fourth-order valence-electron chi connectivity index (χ4n) is 3.90. The number of nitrogens with one attached hydrogen (secondary N) is 2. The summed E-state index contributed by atoms with van der Waals surface area (Å²) in [7, 11) is 0. The number of hydrogen-bond donors (Lipinski definition) is 4. The van der Waals surface area contributed by atoms with Crippen molar-refractivity contribution < 1.29 is 38.9 Å². The smallest absolute Gasteiger partial charge is 0.408 e. The third-order valence-electron chi connectivity index (χ3n) is 5.48. The lowest BCUT2D eigenvalue weighted by atomic mass is 10.0. The molecule has 2 rings (SSSR count). The van der Waals surface area contributed by atoms with Gasteiger partial charge in [-0.3, -0.25) is 9.59 Å². The highest BCUT2D eigenvalue weighted by atomic mass is 16.6. The van der Waals surface area contributed by atoms with Crippen molar-refractivity contribution in [2.75, 3.05) is 19.7 Å². The maximum absolute atomic E-state index is 13.9. The average Bonchev–Trinajstić information content (AvgIpc) is 2.85. The number of ether oxygens (including phenoxy) is 2. The summed E-state index contributed by atoms with van der Waals surface area (Å²) in [5, 5.41) is 25.0. The van der Waals surface area contributed by atoms with Crippen LogP contribution in [0.5, 0.6) is 5.75 Å². The average molecular weight is 572 g/mol. The molecular weight excluding hydrogens is 530 g/mol. The predicted molar refractivity (Wildman–Crippen MR) is 152 cm³/mol. The molecule has 4 N–H and O–H groups in total. The van der Waals surface area contributed by atoms with E-state index in [1.165, 1.54) is 24.3 Å². The van der Waals surface area contributed by atoms with E-state index < -0.39 is 60.3 Å². The first-order chi connectivity index (χ1) is 19.1. The van der Waals surface area contributed by atoms with Crippen molar-refractivity contribution in [3.63, 3.8) is 0 Å². The number of benzene rings is 2. The van der Waals surface area contributed by atoms with Crippen molar-refractivity contribution in [2.24, 2.45) is 0 Å². The second-order valence-electron chi connectivity index (χ2n) is 11.4.